The molecule has 21 heavy (non-hydrogen) atoms. The quantitative estimate of drug-likeness (QED) is 0.903. The summed E-state index contributed by atoms with van der Waals surface area (Å²) in [7, 11) is 1.59. The molecule has 1 atom stereocenters. The van der Waals surface area contributed by atoms with Crippen LogP contribution < -0.4 is 10.6 Å². The van der Waals surface area contributed by atoms with Crippen LogP contribution in [0.25, 0.3) is 0 Å². The first-order valence-corrected chi connectivity index (χ1v) is 6.94. The number of fused-ring (bicyclic) bond motifs is 1. The number of hydrogen-bond acceptors (Lipinski definition) is 3. The van der Waals surface area contributed by atoms with Gasteiger partial charge in [-0.3, -0.25) is 9.48 Å². The maximum absolute atomic E-state index is 13.7. The second-order valence-electron chi connectivity index (χ2n) is 5.14. The number of carbonyl (C=O) groups is 1. The van der Waals surface area contributed by atoms with E-state index >= 15 is 0 Å². The molecule has 110 valence electrons. The Kier molecular flexibility index (Phi) is 3.60. The van der Waals surface area contributed by atoms with Gasteiger partial charge in [-0.2, -0.15) is 5.10 Å². The highest BCUT2D eigenvalue weighted by molar-refractivity contribution is 5.75. The van der Waals surface area contributed by atoms with E-state index in [0.717, 1.165) is 29.7 Å². The third-order valence-electron chi connectivity index (χ3n) is 3.77. The average Bonchev–Trinajstić information content (AvgIpc) is 3.08. The van der Waals surface area contributed by atoms with Crippen LogP contribution in [0.1, 0.15) is 23.6 Å². The lowest BCUT2D eigenvalue weighted by Crippen LogP contribution is -2.23. The Morgan fingerprint density at radius 3 is 3.19 bits per heavy atom. The highest BCUT2D eigenvalue weighted by Gasteiger charge is 2.24. The maximum Gasteiger partial charge on any atom is 0.241 e. The summed E-state index contributed by atoms with van der Waals surface area (Å²) >= 11 is 0. The number of hydrogen-bond donors (Lipinski definition) is 2. The molecule has 0 saturated heterocycles. The van der Waals surface area contributed by atoms with Crippen LogP contribution in [0, 0.1) is 5.82 Å². The van der Waals surface area contributed by atoms with Gasteiger partial charge in [0.1, 0.15) is 12.4 Å². The minimum absolute atomic E-state index is 0.0911. The van der Waals surface area contributed by atoms with E-state index in [1.165, 1.54) is 6.07 Å². The average molecular weight is 288 g/mol. The zero-order valence-corrected chi connectivity index (χ0v) is 11.8. The molecule has 1 amide bonds. The van der Waals surface area contributed by atoms with Gasteiger partial charge in [0.05, 0.1) is 17.9 Å². The molecule has 0 saturated carbocycles. The minimum atomic E-state index is -0.132. The van der Waals surface area contributed by atoms with E-state index in [4.69, 9.17) is 0 Å². The van der Waals surface area contributed by atoms with Crippen LogP contribution in [0.15, 0.2) is 30.6 Å². The number of amides is 1. The number of likely N-dealkylation sites (N-methyl/N-ethyl adjacent to an activating group) is 1. The third kappa shape index (κ3) is 2.74. The molecule has 1 aliphatic carbocycles. The molecule has 0 bridgehead atoms. The van der Waals surface area contributed by atoms with E-state index in [9.17, 15) is 9.18 Å². The van der Waals surface area contributed by atoms with Crippen LogP contribution in [0.5, 0.6) is 0 Å². The number of carbonyl (C=O) groups excluding carboxylic acids is 1. The Balaban J connectivity index is 1.72. The van der Waals surface area contributed by atoms with E-state index < -0.39 is 0 Å². The van der Waals surface area contributed by atoms with Crippen LogP contribution in [-0.4, -0.2) is 22.7 Å². The summed E-state index contributed by atoms with van der Waals surface area (Å²) in [6.07, 6.45) is 5.07. The van der Waals surface area contributed by atoms with Crippen molar-refractivity contribution in [3.05, 3.63) is 47.5 Å². The predicted octanol–water partition coefficient (Wildman–Crippen LogP) is 1.87. The molecule has 0 aliphatic heterocycles. The van der Waals surface area contributed by atoms with Crippen LogP contribution in [0.2, 0.25) is 0 Å². The fourth-order valence-corrected chi connectivity index (χ4v) is 2.71. The van der Waals surface area contributed by atoms with Gasteiger partial charge in [-0.1, -0.05) is 12.1 Å². The molecular formula is C15H17FN4O. The molecule has 1 aromatic carbocycles. The van der Waals surface area contributed by atoms with Crippen molar-refractivity contribution < 1.29 is 9.18 Å². The standard InChI is InChI=1S/C15H17FN4O/c1-17-15(21)9-20-8-10(7-18-20)19-14-6-5-11-12(14)3-2-4-13(11)16/h2-4,7-8,14,19H,5-6,9H2,1H3,(H,17,21). The van der Waals surface area contributed by atoms with Gasteiger partial charge in [0.25, 0.3) is 0 Å². The predicted molar refractivity (Wildman–Crippen MR) is 77.4 cm³/mol. The smallest absolute Gasteiger partial charge is 0.241 e. The van der Waals surface area contributed by atoms with Crippen molar-refractivity contribution in [2.24, 2.45) is 0 Å². The fourth-order valence-electron chi connectivity index (χ4n) is 2.71. The normalized spacial score (nSPS) is 16.6. The molecule has 1 unspecified atom stereocenters. The first-order valence-electron chi connectivity index (χ1n) is 6.94. The number of aromatic nitrogens is 2. The number of nitrogens with zero attached hydrogens (tertiary/aromatic N) is 2. The van der Waals surface area contributed by atoms with Gasteiger partial charge in [0.2, 0.25) is 5.91 Å². The van der Waals surface area contributed by atoms with Gasteiger partial charge in [-0.25, -0.2) is 4.39 Å². The van der Waals surface area contributed by atoms with Crippen molar-refractivity contribution >= 4 is 11.6 Å². The zero-order chi connectivity index (χ0) is 14.8. The van der Waals surface area contributed by atoms with Crippen molar-refractivity contribution in [1.82, 2.24) is 15.1 Å². The Morgan fingerprint density at radius 2 is 2.38 bits per heavy atom. The van der Waals surface area contributed by atoms with Gasteiger partial charge in [0.15, 0.2) is 0 Å². The minimum Gasteiger partial charge on any atom is -0.376 e. The van der Waals surface area contributed by atoms with Crippen molar-refractivity contribution in [3.63, 3.8) is 0 Å². The van der Waals surface area contributed by atoms with Crippen molar-refractivity contribution in [2.75, 3.05) is 12.4 Å². The Bertz CT molecular complexity index is 667. The molecule has 0 fully saturated rings. The SMILES string of the molecule is CNC(=O)Cn1cc(NC2CCc3c(F)cccc32)cn1. The first-order chi connectivity index (χ1) is 10.2. The summed E-state index contributed by atoms with van der Waals surface area (Å²) in [6.45, 7) is 0.189. The molecule has 0 spiro atoms. The number of halogens is 1. The van der Waals surface area contributed by atoms with Gasteiger partial charge < -0.3 is 10.6 Å². The second kappa shape index (κ2) is 5.55. The molecule has 2 N–H and O–H groups in total. The summed E-state index contributed by atoms with van der Waals surface area (Å²) in [5.41, 5.74) is 2.64. The molecule has 1 aromatic heterocycles. The largest absolute Gasteiger partial charge is 0.376 e. The number of benzene rings is 1. The van der Waals surface area contributed by atoms with E-state index in [1.807, 2.05) is 6.07 Å². The highest BCUT2D eigenvalue weighted by Crippen LogP contribution is 2.34. The Hall–Kier alpha value is -2.37. The van der Waals surface area contributed by atoms with Gasteiger partial charge in [-0.15, -0.1) is 0 Å². The molecule has 5 nitrogen and oxygen atoms in total. The molecule has 2 aromatic rings. The third-order valence-corrected chi connectivity index (χ3v) is 3.77. The summed E-state index contributed by atoms with van der Waals surface area (Å²) in [6, 6.07) is 5.29. The van der Waals surface area contributed by atoms with E-state index in [-0.39, 0.29) is 24.3 Å². The van der Waals surface area contributed by atoms with E-state index in [0.29, 0.717) is 0 Å². The topological polar surface area (TPSA) is 59.0 Å². The fraction of sp³-hybridized carbons (Fsp3) is 0.333. The van der Waals surface area contributed by atoms with Crippen LogP contribution in [0.4, 0.5) is 10.1 Å². The van der Waals surface area contributed by atoms with Crippen molar-refractivity contribution in [1.29, 1.82) is 0 Å². The number of nitrogens with one attached hydrogen (secondary N) is 2. The summed E-state index contributed by atoms with van der Waals surface area (Å²) in [5, 5.41) is 10.0. The first kappa shape index (κ1) is 13.6. The lowest BCUT2D eigenvalue weighted by atomic mass is 10.1. The molecule has 1 aliphatic rings. The molecule has 3 rings (SSSR count). The number of anilines is 1. The zero-order valence-electron chi connectivity index (χ0n) is 11.8. The van der Waals surface area contributed by atoms with Crippen molar-refractivity contribution in [2.45, 2.75) is 25.4 Å². The van der Waals surface area contributed by atoms with Gasteiger partial charge >= 0.3 is 0 Å². The molecular weight excluding hydrogens is 271 g/mol. The van der Waals surface area contributed by atoms with Gasteiger partial charge in [0, 0.05) is 13.2 Å². The van der Waals surface area contributed by atoms with E-state index in [1.54, 1.807) is 30.2 Å². The molecule has 6 heteroatoms. The Labute approximate surface area is 122 Å². The van der Waals surface area contributed by atoms with Crippen molar-refractivity contribution in [3.8, 4) is 0 Å². The maximum atomic E-state index is 13.7. The van der Waals surface area contributed by atoms with Crippen LogP contribution >= 0.6 is 0 Å². The summed E-state index contributed by atoms with van der Waals surface area (Å²) in [5.74, 6) is -0.231. The van der Waals surface area contributed by atoms with Gasteiger partial charge in [-0.05, 0) is 30.0 Å². The lowest BCUT2D eigenvalue weighted by molar-refractivity contribution is -0.121. The van der Waals surface area contributed by atoms with Crippen LogP contribution in [-0.2, 0) is 17.8 Å². The number of rotatable bonds is 4. The molecule has 0 radical (unpaired) electrons. The van der Waals surface area contributed by atoms with E-state index in [2.05, 4.69) is 15.7 Å². The van der Waals surface area contributed by atoms with Crippen LogP contribution in [0.3, 0.4) is 0 Å². The summed E-state index contributed by atoms with van der Waals surface area (Å²) < 4.78 is 15.3. The monoisotopic (exact) mass is 288 g/mol. The molecule has 1 heterocycles. The highest BCUT2D eigenvalue weighted by atomic mass is 19.1. The summed E-state index contributed by atoms with van der Waals surface area (Å²) in [4.78, 5) is 11.3. The Morgan fingerprint density at radius 1 is 1.52 bits per heavy atom. The second-order valence-corrected chi connectivity index (χ2v) is 5.14. The lowest BCUT2D eigenvalue weighted by Gasteiger charge is -2.13.